The highest BCUT2D eigenvalue weighted by Gasteiger charge is 2.08. The van der Waals surface area contributed by atoms with Crippen molar-refractivity contribution in [1.82, 2.24) is 19.9 Å². The van der Waals surface area contributed by atoms with E-state index in [1.54, 1.807) is 4.68 Å². The molecule has 0 radical (unpaired) electrons. The number of hydrogen-bond acceptors (Lipinski definition) is 4. The van der Waals surface area contributed by atoms with Gasteiger partial charge in [0, 0.05) is 13.1 Å². The van der Waals surface area contributed by atoms with E-state index in [4.69, 9.17) is 5.11 Å². The van der Waals surface area contributed by atoms with Gasteiger partial charge in [-0.15, -0.1) is 5.10 Å². The average Bonchev–Trinajstić information content (AvgIpc) is 2.93. The highest BCUT2D eigenvalue weighted by molar-refractivity contribution is 5.84. The molecule has 0 atom stereocenters. The van der Waals surface area contributed by atoms with E-state index in [-0.39, 0.29) is 5.69 Å². The topological polar surface area (TPSA) is 71.2 Å². The Labute approximate surface area is 117 Å². The van der Waals surface area contributed by atoms with Crippen LogP contribution in [0.2, 0.25) is 0 Å². The molecule has 0 aliphatic heterocycles. The van der Waals surface area contributed by atoms with Crippen molar-refractivity contribution in [3.05, 3.63) is 47.8 Å². The third-order valence-corrected chi connectivity index (χ3v) is 3.09. The number of carboxylic acids is 1. The maximum atomic E-state index is 10.7. The van der Waals surface area contributed by atoms with Gasteiger partial charge in [0.25, 0.3) is 0 Å². The van der Waals surface area contributed by atoms with Crippen LogP contribution < -0.4 is 0 Å². The number of likely N-dealkylation sites (N-methyl/N-ethyl adjacent to an activating group) is 1. The summed E-state index contributed by atoms with van der Waals surface area (Å²) >= 11 is 0. The molecular weight excluding hydrogens is 256 g/mol. The van der Waals surface area contributed by atoms with Crippen LogP contribution in [0.1, 0.15) is 16.1 Å². The van der Waals surface area contributed by atoms with E-state index in [2.05, 4.69) is 27.3 Å². The number of aromatic nitrogens is 3. The third kappa shape index (κ3) is 4.17. The predicted molar refractivity (Wildman–Crippen MR) is 74.6 cm³/mol. The van der Waals surface area contributed by atoms with Crippen molar-refractivity contribution in [1.29, 1.82) is 0 Å². The van der Waals surface area contributed by atoms with Crippen LogP contribution in [0.4, 0.5) is 0 Å². The van der Waals surface area contributed by atoms with Gasteiger partial charge in [-0.25, -0.2) is 4.79 Å². The first-order valence-electron chi connectivity index (χ1n) is 6.51. The molecule has 0 fully saturated rings. The zero-order chi connectivity index (χ0) is 14.4. The Hall–Kier alpha value is -2.21. The Bertz CT molecular complexity index is 553. The molecule has 6 nitrogen and oxygen atoms in total. The van der Waals surface area contributed by atoms with E-state index in [0.29, 0.717) is 6.54 Å². The minimum Gasteiger partial charge on any atom is -0.476 e. The van der Waals surface area contributed by atoms with Crippen LogP contribution in [-0.2, 0) is 13.0 Å². The summed E-state index contributed by atoms with van der Waals surface area (Å²) in [7, 11) is 2.04. The molecule has 1 aromatic heterocycles. The molecule has 0 aliphatic carbocycles. The average molecular weight is 274 g/mol. The van der Waals surface area contributed by atoms with Gasteiger partial charge in [0.15, 0.2) is 5.69 Å². The molecule has 2 rings (SSSR count). The maximum Gasteiger partial charge on any atom is 0.358 e. The summed E-state index contributed by atoms with van der Waals surface area (Å²) in [5, 5.41) is 16.1. The first-order valence-corrected chi connectivity index (χ1v) is 6.51. The number of rotatable bonds is 7. The number of hydrogen-bond donors (Lipinski definition) is 1. The summed E-state index contributed by atoms with van der Waals surface area (Å²) in [6.45, 7) is 2.38. The second kappa shape index (κ2) is 6.81. The van der Waals surface area contributed by atoms with E-state index in [1.165, 1.54) is 11.8 Å². The second-order valence-electron chi connectivity index (χ2n) is 4.71. The quantitative estimate of drug-likeness (QED) is 0.820. The van der Waals surface area contributed by atoms with Gasteiger partial charge in [0.2, 0.25) is 0 Å². The van der Waals surface area contributed by atoms with Crippen LogP contribution in [-0.4, -0.2) is 51.1 Å². The number of aromatic carboxylic acids is 1. The molecule has 0 aliphatic rings. The van der Waals surface area contributed by atoms with Crippen molar-refractivity contribution in [2.45, 2.75) is 13.0 Å². The summed E-state index contributed by atoms with van der Waals surface area (Å²) in [4.78, 5) is 12.9. The van der Waals surface area contributed by atoms with Crippen LogP contribution in [0.5, 0.6) is 0 Å². The molecule has 1 aromatic carbocycles. The summed E-state index contributed by atoms with van der Waals surface area (Å²) in [6, 6.07) is 10.3. The highest BCUT2D eigenvalue weighted by atomic mass is 16.4. The fraction of sp³-hybridized carbons (Fsp3) is 0.357. The number of nitrogens with zero attached hydrogens (tertiary/aromatic N) is 4. The molecule has 0 spiro atoms. The molecule has 2 aromatic rings. The number of carboxylic acid groups (broad SMARTS) is 1. The normalized spacial score (nSPS) is 10.9. The van der Waals surface area contributed by atoms with Crippen LogP contribution in [0, 0.1) is 0 Å². The van der Waals surface area contributed by atoms with E-state index in [1.807, 2.05) is 25.2 Å². The molecule has 20 heavy (non-hydrogen) atoms. The van der Waals surface area contributed by atoms with E-state index in [0.717, 1.165) is 19.5 Å². The maximum absolute atomic E-state index is 10.7. The van der Waals surface area contributed by atoms with Gasteiger partial charge in [-0.1, -0.05) is 35.5 Å². The molecule has 0 saturated heterocycles. The third-order valence-electron chi connectivity index (χ3n) is 3.09. The molecule has 1 heterocycles. The molecule has 1 N–H and O–H groups in total. The lowest BCUT2D eigenvalue weighted by Gasteiger charge is -2.16. The van der Waals surface area contributed by atoms with Crippen molar-refractivity contribution in [2.24, 2.45) is 0 Å². The van der Waals surface area contributed by atoms with Crippen molar-refractivity contribution in [3.8, 4) is 0 Å². The van der Waals surface area contributed by atoms with Gasteiger partial charge in [-0.2, -0.15) is 0 Å². The van der Waals surface area contributed by atoms with E-state index < -0.39 is 5.97 Å². The van der Waals surface area contributed by atoms with Gasteiger partial charge in [0.05, 0.1) is 12.7 Å². The molecule has 0 unspecified atom stereocenters. The Morgan fingerprint density at radius 2 is 2.05 bits per heavy atom. The highest BCUT2D eigenvalue weighted by Crippen LogP contribution is 2.01. The monoisotopic (exact) mass is 274 g/mol. The molecule has 106 valence electrons. The predicted octanol–water partition coefficient (Wildman–Crippen LogP) is 1.15. The summed E-state index contributed by atoms with van der Waals surface area (Å²) < 4.78 is 1.56. The van der Waals surface area contributed by atoms with Crippen molar-refractivity contribution >= 4 is 5.97 Å². The second-order valence-corrected chi connectivity index (χ2v) is 4.71. The lowest BCUT2D eigenvalue weighted by atomic mass is 10.1. The minimum atomic E-state index is -1.05. The molecule has 0 saturated carbocycles. The molecular formula is C14H18N4O2. The van der Waals surface area contributed by atoms with Crippen LogP contribution in [0.25, 0.3) is 0 Å². The summed E-state index contributed by atoms with van der Waals surface area (Å²) in [6.07, 6.45) is 2.45. The standard InChI is InChI=1S/C14H18N4O2/c1-17(8-7-12-5-3-2-4-6-12)9-10-18-11-13(14(19)20)15-16-18/h2-6,11H,7-10H2,1H3,(H,19,20). The van der Waals surface area contributed by atoms with Gasteiger partial charge in [-0.3, -0.25) is 4.68 Å². The smallest absolute Gasteiger partial charge is 0.358 e. The largest absolute Gasteiger partial charge is 0.476 e. The van der Waals surface area contributed by atoms with E-state index >= 15 is 0 Å². The Morgan fingerprint density at radius 3 is 2.70 bits per heavy atom. The number of benzene rings is 1. The van der Waals surface area contributed by atoms with Crippen molar-refractivity contribution in [3.63, 3.8) is 0 Å². The zero-order valence-electron chi connectivity index (χ0n) is 11.4. The Morgan fingerprint density at radius 1 is 1.30 bits per heavy atom. The molecule has 0 bridgehead atoms. The number of carbonyl (C=O) groups is 1. The van der Waals surface area contributed by atoms with Crippen molar-refractivity contribution in [2.75, 3.05) is 20.1 Å². The van der Waals surface area contributed by atoms with Gasteiger partial charge < -0.3 is 10.0 Å². The molecule has 6 heteroatoms. The zero-order valence-corrected chi connectivity index (χ0v) is 11.4. The SMILES string of the molecule is CN(CCc1ccccc1)CCn1cc(C(=O)O)nn1. The summed E-state index contributed by atoms with van der Waals surface area (Å²) in [5.41, 5.74) is 1.30. The fourth-order valence-corrected chi connectivity index (χ4v) is 1.86. The summed E-state index contributed by atoms with van der Waals surface area (Å²) in [5.74, 6) is -1.05. The van der Waals surface area contributed by atoms with Crippen molar-refractivity contribution < 1.29 is 9.90 Å². The van der Waals surface area contributed by atoms with E-state index in [9.17, 15) is 4.79 Å². The van der Waals surface area contributed by atoms with Crippen LogP contribution >= 0.6 is 0 Å². The molecule has 0 amide bonds. The first-order chi connectivity index (χ1) is 9.65. The van der Waals surface area contributed by atoms with Crippen LogP contribution in [0.15, 0.2) is 36.5 Å². The lowest BCUT2D eigenvalue weighted by Crippen LogP contribution is -2.25. The lowest BCUT2D eigenvalue weighted by molar-refractivity contribution is 0.0690. The minimum absolute atomic E-state index is 0.0167. The van der Waals surface area contributed by atoms with Crippen LogP contribution in [0.3, 0.4) is 0 Å². The van der Waals surface area contributed by atoms with Gasteiger partial charge in [0.1, 0.15) is 0 Å². The fourth-order valence-electron chi connectivity index (χ4n) is 1.86. The first kappa shape index (κ1) is 14.2. The van der Waals surface area contributed by atoms with Gasteiger partial charge >= 0.3 is 5.97 Å². The Kier molecular flexibility index (Phi) is 4.84. The van der Waals surface area contributed by atoms with Gasteiger partial charge in [-0.05, 0) is 19.0 Å². The Balaban J connectivity index is 1.74.